The van der Waals surface area contributed by atoms with Crippen LogP contribution in [0, 0.1) is 0 Å². The van der Waals surface area contributed by atoms with Crippen LogP contribution in [0.3, 0.4) is 0 Å². The summed E-state index contributed by atoms with van der Waals surface area (Å²) in [4.78, 5) is 24.4. The van der Waals surface area contributed by atoms with Crippen molar-refractivity contribution >= 4 is 11.8 Å². The first-order valence-corrected chi connectivity index (χ1v) is 10.1. The summed E-state index contributed by atoms with van der Waals surface area (Å²) in [5.41, 5.74) is 1.12. The molecule has 2 aromatic rings. The van der Waals surface area contributed by atoms with Gasteiger partial charge in [-0.3, -0.25) is 9.59 Å². The van der Waals surface area contributed by atoms with Crippen LogP contribution in [0.4, 0.5) is 0 Å². The second-order valence-corrected chi connectivity index (χ2v) is 7.06. The van der Waals surface area contributed by atoms with Crippen LogP contribution in [0.5, 0.6) is 23.0 Å². The first-order chi connectivity index (χ1) is 14.7. The Morgan fingerprint density at radius 2 is 1.07 bits per heavy atom. The average Bonchev–Trinajstić information content (AvgIpc) is 3.43. The van der Waals surface area contributed by atoms with E-state index in [1.807, 2.05) is 0 Å². The number of hydrogen-bond acceptors (Lipinski definition) is 6. The Bertz CT molecular complexity index is 854. The maximum Gasteiger partial charge on any atom is 0.251 e. The van der Waals surface area contributed by atoms with Crippen molar-refractivity contribution in [3.63, 3.8) is 0 Å². The van der Waals surface area contributed by atoms with Gasteiger partial charge in [0.2, 0.25) is 13.6 Å². The largest absolute Gasteiger partial charge is 0.454 e. The Morgan fingerprint density at radius 3 is 1.53 bits per heavy atom. The van der Waals surface area contributed by atoms with Gasteiger partial charge in [-0.1, -0.05) is 12.8 Å². The van der Waals surface area contributed by atoms with Gasteiger partial charge in [-0.2, -0.15) is 0 Å². The molecule has 0 bridgehead atoms. The maximum absolute atomic E-state index is 12.2. The molecule has 0 saturated heterocycles. The monoisotopic (exact) mass is 412 g/mol. The highest BCUT2D eigenvalue weighted by Crippen LogP contribution is 2.33. The van der Waals surface area contributed by atoms with Crippen molar-refractivity contribution in [3.8, 4) is 23.0 Å². The van der Waals surface area contributed by atoms with Crippen molar-refractivity contribution in [2.75, 3.05) is 26.7 Å². The number of carbonyl (C=O) groups excluding carboxylic acids is 2. The van der Waals surface area contributed by atoms with E-state index in [-0.39, 0.29) is 25.4 Å². The summed E-state index contributed by atoms with van der Waals surface area (Å²) in [6.45, 7) is 1.60. The summed E-state index contributed by atoms with van der Waals surface area (Å²) in [7, 11) is 0. The second-order valence-electron chi connectivity index (χ2n) is 7.06. The fourth-order valence-corrected chi connectivity index (χ4v) is 3.29. The fraction of sp³-hybridized carbons (Fsp3) is 0.364. The molecule has 0 unspecified atom stereocenters. The molecule has 2 aliphatic heterocycles. The normalized spacial score (nSPS) is 13.2. The summed E-state index contributed by atoms with van der Waals surface area (Å²) in [6, 6.07) is 10.3. The zero-order valence-electron chi connectivity index (χ0n) is 16.6. The van der Waals surface area contributed by atoms with Gasteiger partial charge in [0.1, 0.15) is 0 Å². The number of unbranched alkanes of at least 4 members (excludes halogenated alkanes) is 3. The van der Waals surface area contributed by atoms with Gasteiger partial charge in [0.25, 0.3) is 11.8 Å². The van der Waals surface area contributed by atoms with Crippen molar-refractivity contribution in [2.45, 2.75) is 25.7 Å². The molecule has 0 aliphatic carbocycles. The van der Waals surface area contributed by atoms with E-state index in [0.29, 0.717) is 47.2 Å². The fourth-order valence-electron chi connectivity index (χ4n) is 3.29. The highest BCUT2D eigenvalue weighted by Gasteiger charge is 2.17. The minimum atomic E-state index is -0.121. The standard InChI is InChI=1S/C22H24N2O6/c25-21(15-5-7-17-19(11-15)29-13-27-17)23-9-3-1-2-4-10-24-22(26)16-6-8-18-20(12-16)30-14-28-18/h5-8,11-12H,1-4,9-10,13-14H2,(H,23,25)(H,24,26). The van der Waals surface area contributed by atoms with Gasteiger partial charge >= 0.3 is 0 Å². The lowest BCUT2D eigenvalue weighted by Crippen LogP contribution is -2.25. The van der Waals surface area contributed by atoms with Gasteiger partial charge in [0.15, 0.2) is 23.0 Å². The van der Waals surface area contributed by atoms with E-state index >= 15 is 0 Å². The molecule has 30 heavy (non-hydrogen) atoms. The van der Waals surface area contributed by atoms with Crippen molar-refractivity contribution < 1.29 is 28.5 Å². The molecule has 2 amide bonds. The number of rotatable bonds is 9. The highest BCUT2D eigenvalue weighted by molar-refractivity contribution is 5.95. The molecule has 4 rings (SSSR count). The summed E-state index contributed by atoms with van der Waals surface area (Å²) >= 11 is 0. The molecule has 0 spiro atoms. The lowest BCUT2D eigenvalue weighted by Gasteiger charge is -2.07. The van der Waals surface area contributed by atoms with Crippen LogP contribution in [0.2, 0.25) is 0 Å². The Labute approximate surface area is 174 Å². The number of nitrogens with one attached hydrogen (secondary N) is 2. The molecule has 2 N–H and O–H groups in total. The molecule has 0 atom stereocenters. The molecule has 8 nitrogen and oxygen atoms in total. The van der Waals surface area contributed by atoms with E-state index in [4.69, 9.17) is 18.9 Å². The molecule has 2 heterocycles. The Balaban J connectivity index is 1.07. The van der Waals surface area contributed by atoms with Crippen LogP contribution < -0.4 is 29.6 Å². The van der Waals surface area contributed by atoms with E-state index < -0.39 is 0 Å². The lowest BCUT2D eigenvalue weighted by molar-refractivity contribution is 0.0943. The topological polar surface area (TPSA) is 95.1 Å². The van der Waals surface area contributed by atoms with Crippen LogP contribution in [0.15, 0.2) is 36.4 Å². The van der Waals surface area contributed by atoms with Crippen molar-refractivity contribution in [1.82, 2.24) is 10.6 Å². The van der Waals surface area contributed by atoms with E-state index in [2.05, 4.69) is 10.6 Å². The summed E-state index contributed by atoms with van der Waals surface area (Å²) in [5.74, 6) is 2.29. The molecule has 0 saturated carbocycles. The Morgan fingerprint density at radius 1 is 0.633 bits per heavy atom. The minimum Gasteiger partial charge on any atom is -0.454 e. The Hall–Kier alpha value is -3.42. The zero-order chi connectivity index (χ0) is 20.8. The molecule has 0 radical (unpaired) electrons. The number of amides is 2. The molecule has 0 fully saturated rings. The van der Waals surface area contributed by atoms with Gasteiger partial charge in [-0.15, -0.1) is 0 Å². The number of ether oxygens (including phenoxy) is 4. The van der Waals surface area contributed by atoms with Crippen molar-refractivity contribution in [3.05, 3.63) is 47.5 Å². The van der Waals surface area contributed by atoms with Gasteiger partial charge in [0.05, 0.1) is 0 Å². The van der Waals surface area contributed by atoms with E-state index in [0.717, 1.165) is 25.7 Å². The summed E-state index contributed by atoms with van der Waals surface area (Å²) in [5, 5.41) is 5.83. The van der Waals surface area contributed by atoms with Gasteiger partial charge in [-0.05, 0) is 49.2 Å². The number of benzene rings is 2. The molecule has 2 aliphatic rings. The molecule has 8 heteroatoms. The van der Waals surface area contributed by atoms with E-state index in [9.17, 15) is 9.59 Å². The zero-order valence-corrected chi connectivity index (χ0v) is 16.6. The van der Waals surface area contributed by atoms with Crippen molar-refractivity contribution in [1.29, 1.82) is 0 Å². The number of hydrogen-bond donors (Lipinski definition) is 2. The van der Waals surface area contributed by atoms with Crippen LogP contribution >= 0.6 is 0 Å². The SMILES string of the molecule is O=C(NCCCCCCNC(=O)c1ccc2c(c1)OCO2)c1ccc2c(c1)OCO2. The third-order valence-corrected chi connectivity index (χ3v) is 4.94. The van der Waals surface area contributed by atoms with Crippen LogP contribution in [0.25, 0.3) is 0 Å². The van der Waals surface area contributed by atoms with Crippen molar-refractivity contribution in [2.24, 2.45) is 0 Å². The number of carbonyl (C=O) groups is 2. The smallest absolute Gasteiger partial charge is 0.251 e. The summed E-state index contributed by atoms with van der Waals surface area (Å²) < 4.78 is 21.1. The highest BCUT2D eigenvalue weighted by atomic mass is 16.7. The quantitative estimate of drug-likeness (QED) is 0.615. The van der Waals surface area contributed by atoms with Gasteiger partial charge in [-0.25, -0.2) is 0 Å². The van der Waals surface area contributed by atoms with Crippen LogP contribution in [0.1, 0.15) is 46.4 Å². The van der Waals surface area contributed by atoms with Crippen LogP contribution in [-0.4, -0.2) is 38.5 Å². The second kappa shape index (κ2) is 9.39. The van der Waals surface area contributed by atoms with Gasteiger partial charge in [0, 0.05) is 24.2 Å². The van der Waals surface area contributed by atoms with Gasteiger partial charge < -0.3 is 29.6 Å². The predicted octanol–water partition coefficient (Wildman–Crippen LogP) is 2.86. The molecule has 158 valence electrons. The molecule has 2 aromatic carbocycles. The molecule has 0 aromatic heterocycles. The first-order valence-electron chi connectivity index (χ1n) is 10.1. The third-order valence-electron chi connectivity index (χ3n) is 4.94. The van der Waals surface area contributed by atoms with E-state index in [1.54, 1.807) is 36.4 Å². The molecular weight excluding hydrogens is 388 g/mol. The van der Waals surface area contributed by atoms with E-state index in [1.165, 1.54) is 0 Å². The summed E-state index contributed by atoms with van der Waals surface area (Å²) in [6.07, 6.45) is 3.71. The predicted molar refractivity (Wildman–Crippen MR) is 108 cm³/mol. The average molecular weight is 412 g/mol. The lowest BCUT2D eigenvalue weighted by atomic mass is 10.1. The minimum absolute atomic E-state index is 0.121. The maximum atomic E-state index is 12.2. The van der Waals surface area contributed by atoms with Crippen LogP contribution in [-0.2, 0) is 0 Å². The molecular formula is C22H24N2O6. The third kappa shape index (κ3) is 4.76. The first kappa shape index (κ1) is 19.9. The number of fused-ring (bicyclic) bond motifs is 2. The Kier molecular flexibility index (Phi) is 6.22.